The van der Waals surface area contributed by atoms with E-state index in [1.54, 1.807) is 19.5 Å². The van der Waals surface area contributed by atoms with E-state index in [2.05, 4.69) is 59.9 Å². The lowest BCUT2D eigenvalue weighted by atomic mass is 9.91. The minimum atomic E-state index is -0.304. The lowest BCUT2D eigenvalue weighted by molar-refractivity contribution is 0.316. The van der Waals surface area contributed by atoms with Crippen LogP contribution in [0.1, 0.15) is 39.4 Å². The van der Waals surface area contributed by atoms with Gasteiger partial charge in [0.1, 0.15) is 11.6 Å². The molecular formula is C28H33N5OS. The molecule has 7 heteroatoms. The van der Waals surface area contributed by atoms with E-state index in [0.717, 1.165) is 64.2 Å². The molecule has 0 unspecified atom stereocenters. The van der Waals surface area contributed by atoms with Crippen LogP contribution in [-0.2, 0) is 5.41 Å². The van der Waals surface area contributed by atoms with Crippen LogP contribution in [-0.4, -0.2) is 45.2 Å². The molecule has 0 atom stereocenters. The standard InChI is InChI=1S/C28H33N5OS/c1-5-6-15-33(27(29)35)18-28(2,3)26-31-24(19-11-13-30-14-12-19)25(32-26)22-8-7-21-17-23(34-4)10-9-20(21)16-22/h7-14,16-17H,5-6,15,18H2,1-4H3,(H2,29,35)(H,31,32). The van der Waals surface area contributed by atoms with Crippen LogP contribution in [0.4, 0.5) is 0 Å². The zero-order valence-corrected chi connectivity index (χ0v) is 21.7. The zero-order valence-electron chi connectivity index (χ0n) is 20.8. The Balaban J connectivity index is 1.78. The van der Waals surface area contributed by atoms with Crippen LogP contribution < -0.4 is 10.5 Å². The highest BCUT2D eigenvalue weighted by atomic mass is 32.1. The molecule has 35 heavy (non-hydrogen) atoms. The van der Waals surface area contributed by atoms with Gasteiger partial charge in [0.2, 0.25) is 0 Å². The Morgan fingerprint density at radius 1 is 1.06 bits per heavy atom. The van der Waals surface area contributed by atoms with Crippen LogP contribution in [0, 0.1) is 0 Å². The Labute approximate surface area is 212 Å². The summed E-state index contributed by atoms with van der Waals surface area (Å²) in [6.45, 7) is 8.05. The Bertz CT molecular complexity index is 1320. The lowest BCUT2D eigenvalue weighted by Gasteiger charge is -2.32. The van der Waals surface area contributed by atoms with Crippen molar-refractivity contribution in [1.82, 2.24) is 19.9 Å². The number of hydrogen-bond acceptors (Lipinski definition) is 4. The first-order chi connectivity index (χ1) is 16.8. The van der Waals surface area contributed by atoms with E-state index in [0.29, 0.717) is 11.7 Å². The molecule has 0 bridgehead atoms. The first kappa shape index (κ1) is 24.7. The van der Waals surface area contributed by atoms with Crippen molar-refractivity contribution >= 4 is 28.1 Å². The number of rotatable bonds is 9. The monoisotopic (exact) mass is 487 g/mol. The normalized spacial score (nSPS) is 11.5. The van der Waals surface area contributed by atoms with Crippen molar-refractivity contribution < 1.29 is 4.74 Å². The molecule has 6 nitrogen and oxygen atoms in total. The summed E-state index contributed by atoms with van der Waals surface area (Å²) in [5.41, 5.74) is 9.73. The highest BCUT2D eigenvalue weighted by Gasteiger charge is 2.30. The van der Waals surface area contributed by atoms with Crippen LogP contribution in [0.2, 0.25) is 0 Å². The van der Waals surface area contributed by atoms with Crippen molar-refractivity contribution in [2.24, 2.45) is 5.73 Å². The third-order valence-corrected chi connectivity index (χ3v) is 6.57. The fraction of sp³-hybridized carbons (Fsp3) is 0.321. The van der Waals surface area contributed by atoms with Gasteiger partial charge in [-0.05, 0) is 59.7 Å². The number of nitrogens with two attached hydrogens (primary N) is 1. The molecule has 4 aromatic rings. The first-order valence-corrected chi connectivity index (χ1v) is 12.4. The molecule has 4 rings (SSSR count). The molecule has 2 heterocycles. The summed E-state index contributed by atoms with van der Waals surface area (Å²) in [4.78, 5) is 15.1. The van der Waals surface area contributed by atoms with Gasteiger partial charge in [0.05, 0.1) is 18.5 Å². The number of fused-ring (bicyclic) bond motifs is 1. The molecule has 0 aliphatic heterocycles. The second kappa shape index (κ2) is 10.4. The quantitative estimate of drug-likeness (QED) is 0.285. The molecular weight excluding hydrogens is 454 g/mol. The van der Waals surface area contributed by atoms with Gasteiger partial charge in [-0.2, -0.15) is 0 Å². The number of thiocarbonyl (C=S) groups is 1. The summed E-state index contributed by atoms with van der Waals surface area (Å²) in [6.07, 6.45) is 5.74. The van der Waals surface area contributed by atoms with Crippen molar-refractivity contribution in [3.8, 4) is 28.3 Å². The molecule has 0 spiro atoms. The Hall–Kier alpha value is -3.45. The number of H-pyrrole nitrogens is 1. The van der Waals surface area contributed by atoms with Gasteiger partial charge in [0.25, 0.3) is 0 Å². The first-order valence-electron chi connectivity index (χ1n) is 12.0. The predicted octanol–water partition coefficient (Wildman–Crippen LogP) is 5.92. The van der Waals surface area contributed by atoms with Crippen molar-refractivity contribution in [2.45, 2.75) is 39.0 Å². The summed E-state index contributed by atoms with van der Waals surface area (Å²) >= 11 is 5.35. The third-order valence-electron chi connectivity index (χ3n) is 6.31. The van der Waals surface area contributed by atoms with E-state index in [1.165, 1.54) is 0 Å². The fourth-order valence-electron chi connectivity index (χ4n) is 4.30. The highest BCUT2D eigenvalue weighted by molar-refractivity contribution is 7.80. The molecule has 182 valence electrons. The molecule has 0 fully saturated rings. The largest absolute Gasteiger partial charge is 0.497 e. The van der Waals surface area contributed by atoms with E-state index in [4.69, 9.17) is 27.7 Å². The van der Waals surface area contributed by atoms with Gasteiger partial charge in [-0.3, -0.25) is 4.98 Å². The minimum absolute atomic E-state index is 0.304. The van der Waals surface area contributed by atoms with Gasteiger partial charge in [-0.25, -0.2) is 4.98 Å². The third kappa shape index (κ3) is 5.46. The van der Waals surface area contributed by atoms with E-state index in [-0.39, 0.29) is 5.41 Å². The van der Waals surface area contributed by atoms with Crippen molar-refractivity contribution in [3.05, 3.63) is 66.7 Å². The van der Waals surface area contributed by atoms with E-state index in [1.807, 2.05) is 24.3 Å². The number of unbranched alkanes of at least 4 members (excludes halogenated alkanes) is 1. The molecule has 0 radical (unpaired) electrons. The molecule has 0 amide bonds. The van der Waals surface area contributed by atoms with Crippen molar-refractivity contribution in [1.29, 1.82) is 0 Å². The van der Waals surface area contributed by atoms with Gasteiger partial charge in [-0.15, -0.1) is 0 Å². The number of imidazole rings is 1. The van der Waals surface area contributed by atoms with Gasteiger partial charge < -0.3 is 20.4 Å². The van der Waals surface area contributed by atoms with E-state index < -0.39 is 0 Å². The number of aromatic amines is 1. The number of nitrogens with zero attached hydrogens (tertiary/aromatic N) is 3. The minimum Gasteiger partial charge on any atom is -0.497 e. The summed E-state index contributed by atoms with van der Waals surface area (Å²) < 4.78 is 5.38. The van der Waals surface area contributed by atoms with Gasteiger partial charge >= 0.3 is 0 Å². The number of hydrogen-bond donors (Lipinski definition) is 2. The van der Waals surface area contributed by atoms with E-state index in [9.17, 15) is 0 Å². The van der Waals surface area contributed by atoms with Crippen molar-refractivity contribution in [3.63, 3.8) is 0 Å². The molecule has 0 saturated carbocycles. The predicted molar refractivity (Wildman–Crippen MR) is 148 cm³/mol. The number of benzene rings is 2. The van der Waals surface area contributed by atoms with E-state index >= 15 is 0 Å². The highest BCUT2D eigenvalue weighted by Crippen LogP contribution is 2.35. The number of pyridine rings is 1. The number of methoxy groups -OCH3 is 1. The van der Waals surface area contributed by atoms with Crippen LogP contribution in [0.25, 0.3) is 33.3 Å². The summed E-state index contributed by atoms with van der Waals surface area (Å²) in [5, 5.41) is 2.68. The maximum Gasteiger partial charge on any atom is 0.166 e. The SMILES string of the molecule is CCCCN(CC(C)(C)c1nc(-c2ccc3cc(OC)ccc3c2)c(-c2ccncc2)[nH]1)C(N)=S. The number of nitrogens with one attached hydrogen (secondary N) is 1. The Morgan fingerprint density at radius 2 is 1.77 bits per heavy atom. The van der Waals surface area contributed by atoms with Crippen LogP contribution in [0.5, 0.6) is 5.75 Å². The summed E-state index contributed by atoms with van der Waals surface area (Å²) in [5.74, 6) is 1.74. The Morgan fingerprint density at radius 3 is 2.46 bits per heavy atom. The fourth-order valence-corrected chi connectivity index (χ4v) is 4.45. The zero-order chi connectivity index (χ0) is 25.0. The van der Waals surface area contributed by atoms with Crippen LogP contribution in [0.3, 0.4) is 0 Å². The molecule has 0 aliphatic rings. The second-order valence-corrected chi connectivity index (χ2v) is 9.89. The maximum atomic E-state index is 6.06. The number of aromatic nitrogens is 3. The Kier molecular flexibility index (Phi) is 7.36. The average molecular weight is 488 g/mol. The smallest absolute Gasteiger partial charge is 0.166 e. The molecule has 3 N–H and O–H groups in total. The summed E-state index contributed by atoms with van der Waals surface area (Å²) in [7, 11) is 1.68. The molecule has 2 aromatic carbocycles. The topological polar surface area (TPSA) is 80.1 Å². The van der Waals surface area contributed by atoms with Gasteiger partial charge in [0.15, 0.2) is 5.11 Å². The maximum absolute atomic E-state index is 6.06. The van der Waals surface area contributed by atoms with Gasteiger partial charge in [-0.1, -0.05) is 45.4 Å². The average Bonchev–Trinajstić information content (AvgIpc) is 3.33. The van der Waals surface area contributed by atoms with Crippen LogP contribution in [0.15, 0.2) is 60.9 Å². The number of ether oxygens (including phenoxy) is 1. The molecule has 0 saturated heterocycles. The molecule has 0 aliphatic carbocycles. The molecule has 2 aromatic heterocycles. The second-order valence-electron chi connectivity index (χ2n) is 9.47. The van der Waals surface area contributed by atoms with Gasteiger partial charge in [0, 0.05) is 42.0 Å². The van der Waals surface area contributed by atoms with Crippen LogP contribution >= 0.6 is 12.2 Å². The lowest BCUT2D eigenvalue weighted by Crippen LogP contribution is -2.44. The summed E-state index contributed by atoms with van der Waals surface area (Å²) in [6, 6.07) is 16.5. The van der Waals surface area contributed by atoms with Crippen molar-refractivity contribution in [2.75, 3.05) is 20.2 Å².